The highest BCUT2D eigenvalue weighted by molar-refractivity contribution is 7.99. The number of hydrogen-bond acceptors (Lipinski definition) is 9. The third-order valence-corrected chi connectivity index (χ3v) is 6.58. The Labute approximate surface area is 192 Å². The second-order valence-corrected chi connectivity index (χ2v) is 9.88. The molecule has 178 valence electrons. The summed E-state index contributed by atoms with van der Waals surface area (Å²) in [5.41, 5.74) is -0.621. The first-order valence-corrected chi connectivity index (χ1v) is 11.9. The lowest BCUT2D eigenvalue weighted by Crippen LogP contribution is -2.62. The molecule has 8 nitrogen and oxygen atoms in total. The number of hydrogen-bond donors (Lipinski definition) is 1. The minimum Gasteiger partial charge on any atom is -0.466 e. The Balaban J connectivity index is 1.70. The second-order valence-electron chi connectivity index (χ2n) is 8.51. The van der Waals surface area contributed by atoms with E-state index in [2.05, 4.69) is 0 Å². The molecule has 2 heterocycles. The van der Waals surface area contributed by atoms with Gasteiger partial charge in [0.1, 0.15) is 23.7 Å². The third kappa shape index (κ3) is 6.02. The van der Waals surface area contributed by atoms with Gasteiger partial charge in [0.05, 0.1) is 18.6 Å². The van der Waals surface area contributed by atoms with Crippen LogP contribution in [0.3, 0.4) is 0 Å². The van der Waals surface area contributed by atoms with Gasteiger partial charge in [-0.05, 0) is 26.0 Å². The molecule has 0 aliphatic carbocycles. The Morgan fingerprint density at radius 1 is 1.22 bits per heavy atom. The zero-order valence-corrected chi connectivity index (χ0v) is 19.7. The molecule has 6 atom stereocenters. The highest BCUT2D eigenvalue weighted by atomic mass is 32.2. The summed E-state index contributed by atoms with van der Waals surface area (Å²) in [6.07, 6.45) is -3.50. The molecule has 3 rings (SSSR count). The molecule has 1 aromatic rings. The van der Waals surface area contributed by atoms with E-state index >= 15 is 0 Å². The van der Waals surface area contributed by atoms with Crippen molar-refractivity contribution in [2.75, 3.05) is 19.0 Å². The molecule has 0 radical (unpaired) electrons. The first-order chi connectivity index (χ1) is 15.2. The van der Waals surface area contributed by atoms with Gasteiger partial charge in [-0.15, -0.1) is 11.8 Å². The van der Waals surface area contributed by atoms with Gasteiger partial charge in [-0.3, -0.25) is 9.59 Å². The van der Waals surface area contributed by atoms with E-state index in [0.717, 1.165) is 5.56 Å². The summed E-state index contributed by atoms with van der Waals surface area (Å²) in [4.78, 5) is 24.0. The molecule has 0 spiro atoms. The third-order valence-electron chi connectivity index (χ3n) is 5.54. The molecule has 2 fully saturated rings. The predicted molar refractivity (Wildman–Crippen MR) is 118 cm³/mol. The van der Waals surface area contributed by atoms with Crippen molar-refractivity contribution in [1.82, 2.24) is 0 Å². The number of ether oxygens (including phenoxy) is 5. The minimum absolute atomic E-state index is 0.109. The monoisotopic (exact) mass is 468 g/mol. The summed E-state index contributed by atoms with van der Waals surface area (Å²) in [7, 11) is 0. The number of rotatable bonds is 8. The number of carbonyl (C=O) groups is 2. The smallest absolute Gasteiger partial charge is 0.312 e. The van der Waals surface area contributed by atoms with E-state index in [9.17, 15) is 14.7 Å². The zero-order chi connectivity index (χ0) is 23.3. The molecule has 9 heteroatoms. The van der Waals surface area contributed by atoms with Crippen LogP contribution in [0, 0.1) is 5.41 Å². The van der Waals surface area contributed by atoms with Crippen LogP contribution in [-0.4, -0.2) is 65.9 Å². The van der Waals surface area contributed by atoms with Gasteiger partial charge in [0.25, 0.3) is 0 Å². The fraction of sp³-hybridized carbons (Fsp3) is 0.652. The normalized spacial score (nSPS) is 30.3. The lowest BCUT2D eigenvalue weighted by molar-refractivity contribution is -0.320. The molecule has 0 saturated carbocycles. The van der Waals surface area contributed by atoms with Crippen LogP contribution in [0.15, 0.2) is 30.3 Å². The zero-order valence-electron chi connectivity index (χ0n) is 18.9. The predicted octanol–water partition coefficient (Wildman–Crippen LogP) is 2.83. The molecular weight excluding hydrogens is 436 g/mol. The number of aliphatic hydroxyl groups excluding tert-OH is 1. The maximum atomic E-state index is 12.9. The van der Waals surface area contributed by atoms with Gasteiger partial charge in [0.2, 0.25) is 0 Å². The summed E-state index contributed by atoms with van der Waals surface area (Å²) in [5, 5.41) is 11.2. The van der Waals surface area contributed by atoms with Gasteiger partial charge in [0.15, 0.2) is 12.4 Å². The lowest BCUT2D eigenvalue weighted by Gasteiger charge is -2.47. The second kappa shape index (κ2) is 11.0. The standard InChI is InChI=1S/C23H32O8S/c1-5-32-21-19(31-22(26)23(3,4)11-12-27-14(2)24)17(25)18-16(29-21)13-28-20(30-18)15-9-7-6-8-10-15/h6-10,16-21,25H,5,11-13H2,1-4H3/t16?,17-,18-,19?,20?,21-/m0/s1. The van der Waals surface area contributed by atoms with E-state index in [1.54, 1.807) is 13.8 Å². The number of esters is 2. The van der Waals surface area contributed by atoms with Crippen LogP contribution in [0.2, 0.25) is 0 Å². The fourth-order valence-electron chi connectivity index (χ4n) is 3.61. The number of benzene rings is 1. The molecule has 1 N–H and O–H groups in total. The quantitative estimate of drug-likeness (QED) is 0.577. The van der Waals surface area contributed by atoms with Crippen LogP contribution in [0.4, 0.5) is 0 Å². The summed E-state index contributed by atoms with van der Waals surface area (Å²) < 4.78 is 28.8. The van der Waals surface area contributed by atoms with Crippen LogP contribution < -0.4 is 0 Å². The van der Waals surface area contributed by atoms with Crippen LogP contribution in [0.25, 0.3) is 0 Å². The van der Waals surface area contributed by atoms with E-state index in [4.69, 9.17) is 23.7 Å². The molecule has 2 aliphatic rings. The Bertz CT molecular complexity index is 771. The van der Waals surface area contributed by atoms with Gasteiger partial charge in [-0.25, -0.2) is 0 Å². The molecule has 3 unspecified atom stereocenters. The van der Waals surface area contributed by atoms with Crippen molar-refractivity contribution in [3.63, 3.8) is 0 Å². The van der Waals surface area contributed by atoms with Gasteiger partial charge >= 0.3 is 11.9 Å². The van der Waals surface area contributed by atoms with Gasteiger partial charge in [-0.1, -0.05) is 37.3 Å². The average Bonchev–Trinajstić information content (AvgIpc) is 2.76. The van der Waals surface area contributed by atoms with Crippen molar-refractivity contribution in [2.24, 2.45) is 5.41 Å². The van der Waals surface area contributed by atoms with Gasteiger partial charge in [0, 0.05) is 12.5 Å². The fourth-order valence-corrected chi connectivity index (χ4v) is 4.56. The molecule has 1 aromatic carbocycles. The molecule has 0 bridgehead atoms. The van der Waals surface area contributed by atoms with Crippen molar-refractivity contribution in [1.29, 1.82) is 0 Å². The molecular formula is C23H32O8S. The first kappa shape index (κ1) is 25.0. The largest absolute Gasteiger partial charge is 0.466 e. The van der Waals surface area contributed by atoms with Crippen molar-refractivity contribution in [2.45, 2.75) is 70.3 Å². The number of thioether (sulfide) groups is 1. The Morgan fingerprint density at radius 3 is 2.59 bits per heavy atom. The van der Waals surface area contributed by atoms with Crippen LogP contribution >= 0.6 is 11.8 Å². The highest BCUT2D eigenvalue weighted by Crippen LogP contribution is 2.38. The minimum atomic E-state index is -1.08. The average molecular weight is 469 g/mol. The summed E-state index contributed by atoms with van der Waals surface area (Å²) in [6, 6.07) is 9.45. The molecule has 0 aromatic heterocycles. The maximum absolute atomic E-state index is 12.9. The van der Waals surface area contributed by atoms with Crippen molar-refractivity contribution in [3.8, 4) is 0 Å². The topological polar surface area (TPSA) is 101 Å². The van der Waals surface area contributed by atoms with E-state index < -0.39 is 53.5 Å². The van der Waals surface area contributed by atoms with E-state index in [1.807, 2.05) is 37.3 Å². The summed E-state index contributed by atoms with van der Waals surface area (Å²) >= 11 is 1.45. The van der Waals surface area contributed by atoms with Crippen molar-refractivity contribution < 1.29 is 38.4 Å². The Morgan fingerprint density at radius 2 is 1.94 bits per heavy atom. The van der Waals surface area contributed by atoms with Crippen molar-refractivity contribution in [3.05, 3.63) is 35.9 Å². The molecule has 32 heavy (non-hydrogen) atoms. The number of fused-ring (bicyclic) bond motifs is 1. The number of aliphatic hydroxyl groups is 1. The van der Waals surface area contributed by atoms with Crippen LogP contribution in [0.1, 0.15) is 46.0 Å². The van der Waals surface area contributed by atoms with Gasteiger partial charge in [-0.2, -0.15) is 0 Å². The summed E-state index contributed by atoms with van der Waals surface area (Å²) in [6.45, 7) is 7.09. The molecule has 0 amide bonds. The van der Waals surface area contributed by atoms with E-state index in [-0.39, 0.29) is 13.2 Å². The number of carbonyl (C=O) groups excluding carboxylic acids is 2. The van der Waals surface area contributed by atoms with E-state index in [1.165, 1.54) is 18.7 Å². The van der Waals surface area contributed by atoms with Gasteiger partial charge < -0.3 is 28.8 Å². The SMILES string of the molecule is CCS[C@@H]1OC2COC(c3ccccc3)O[C@@H]2[C@H](O)C1OC(=O)C(C)(C)CCOC(C)=O. The highest BCUT2D eigenvalue weighted by Gasteiger charge is 2.51. The van der Waals surface area contributed by atoms with Crippen molar-refractivity contribution >= 4 is 23.7 Å². The lowest BCUT2D eigenvalue weighted by atomic mass is 9.89. The molecule has 2 saturated heterocycles. The Hall–Kier alpha value is -1.65. The summed E-state index contributed by atoms with van der Waals surface area (Å²) in [5.74, 6) is -0.183. The first-order valence-electron chi connectivity index (χ1n) is 10.8. The Kier molecular flexibility index (Phi) is 8.57. The molecule has 2 aliphatic heterocycles. The van der Waals surface area contributed by atoms with Crippen LogP contribution in [0.5, 0.6) is 0 Å². The van der Waals surface area contributed by atoms with Crippen LogP contribution in [-0.2, 0) is 33.3 Å². The maximum Gasteiger partial charge on any atom is 0.312 e. The van der Waals surface area contributed by atoms with E-state index in [0.29, 0.717) is 12.2 Å².